The quantitative estimate of drug-likeness (QED) is 0.0795. The number of aromatic nitrogens is 1. The number of hydrogen-bond donors (Lipinski definition) is 5. The molecule has 4 unspecified atom stereocenters. The molecular weight excluding hydrogens is 562 g/mol. The molecule has 4 atom stereocenters. The van der Waals surface area contributed by atoms with Crippen molar-refractivity contribution in [3.05, 3.63) is 82.8 Å². The highest BCUT2D eigenvalue weighted by Crippen LogP contribution is 2.45. The Balaban J connectivity index is 1.38. The van der Waals surface area contributed by atoms with Gasteiger partial charge in [-0.1, -0.05) is 105 Å². The molecule has 3 aromatic rings. The Morgan fingerprint density at radius 2 is 1.73 bits per heavy atom. The van der Waals surface area contributed by atoms with Gasteiger partial charge < -0.3 is 31.6 Å². The van der Waals surface area contributed by atoms with Crippen LogP contribution in [-0.4, -0.2) is 52.4 Å². The lowest BCUT2D eigenvalue weighted by Crippen LogP contribution is -2.47. The zero-order valence-electron chi connectivity index (χ0n) is 26.5. The van der Waals surface area contributed by atoms with E-state index in [0.29, 0.717) is 37.4 Å². The van der Waals surface area contributed by atoms with Crippen LogP contribution in [0, 0.1) is 5.92 Å². The molecule has 0 saturated heterocycles. The third-order valence-electron chi connectivity index (χ3n) is 9.69. The molecule has 5 rings (SSSR count). The van der Waals surface area contributed by atoms with Crippen molar-refractivity contribution in [3.63, 3.8) is 0 Å². The Labute approximate surface area is 267 Å². The van der Waals surface area contributed by atoms with Crippen LogP contribution in [0.4, 0.5) is 5.82 Å². The van der Waals surface area contributed by atoms with E-state index in [-0.39, 0.29) is 12.1 Å². The van der Waals surface area contributed by atoms with Crippen molar-refractivity contribution in [1.82, 2.24) is 10.3 Å². The minimum Gasteiger partial charge on any atom is -0.478 e. The highest BCUT2D eigenvalue weighted by molar-refractivity contribution is 5.85. The third kappa shape index (κ3) is 9.13. The van der Waals surface area contributed by atoms with Gasteiger partial charge in [-0.25, -0.2) is 4.79 Å². The molecule has 2 aliphatic rings. The van der Waals surface area contributed by atoms with Crippen molar-refractivity contribution >= 4 is 28.5 Å². The standard InChI is InChI=1S/C37H50N5O3/c38-37-40-20-18-33(42-37)32(25-36(44)45)34(41-35-15-11-19-39-35)24-29-17-16-28-22-26-12-8-9-13-27(26)23-31(28)30(29)14-7-5-3-1-2-4-6-10-21-43/h8-9,11-13,15,19,22-23,25,29-30,33-34,39,43H,1-7,10,14,16-18,20-21,24H2,(H,44,45)(H3,38,40,42)/q-1. The Bertz CT molecular complexity index is 1430. The molecule has 2 aromatic carbocycles. The molecule has 1 aliphatic carbocycles. The van der Waals surface area contributed by atoms with Crippen molar-refractivity contribution in [2.75, 3.05) is 13.2 Å². The highest BCUT2D eigenvalue weighted by atomic mass is 16.4. The maximum Gasteiger partial charge on any atom is 0.328 e. The van der Waals surface area contributed by atoms with Crippen molar-refractivity contribution in [3.8, 4) is 0 Å². The van der Waals surface area contributed by atoms with Crippen LogP contribution in [0.3, 0.4) is 0 Å². The number of aryl methyl sites for hydroxylation is 1. The van der Waals surface area contributed by atoms with E-state index < -0.39 is 5.97 Å². The van der Waals surface area contributed by atoms with Gasteiger partial charge in [-0.05, 0) is 83.9 Å². The lowest BCUT2D eigenvalue weighted by molar-refractivity contribution is -0.131. The van der Waals surface area contributed by atoms with Crippen LogP contribution in [0.1, 0.15) is 94.1 Å². The topological polar surface area (TPSA) is 138 Å². The average Bonchev–Trinajstić information content (AvgIpc) is 3.55. The Morgan fingerprint density at radius 3 is 2.42 bits per heavy atom. The summed E-state index contributed by atoms with van der Waals surface area (Å²) in [6.07, 6.45) is 17.2. The summed E-state index contributed by atoms with van der Waals surface area (Å²) < 4.78 is 0. The number of carbonyl (C=O) groups is 1. The minimum absolute atomic E-state index is 0.224. The summed E-state index contributed by atoms with van der Waals surface area (Å²) in [6.45, 7) is 0.856. The fourth-order valence-electron chi connectivity index (χ4n) is 7.42. The molecular formula is C37H50N5O3-. The highest BCUT2D eigenvalue weighted by Gasteiger charge is 2.33. The van der Waals surface area contributed by atoms with Crippen LogP contribution in [-0.2, 0) is 11.2 Å². The summed E-state index contributed by atoms with van der Waals surface area (Å²) in [4.78, 5) is 19.7. The van der Waals surface area contributed by atoms with Gasteiger partial charge in [0, 0.05) is 19.2 Å². The number of benzene rings is 2. The van der Waals surface area contributed by atoms with Gasteiger partial charge >= 0.3 is 5.97 Å². The number of H-pyrrole nitrogens is 1. The second-order valence-corrected chi connectivity index (χ2v) is 12.8. The van der Waals surface area contributed by atoms with Gasteiger partial charge in [0.2, 0.25) is 0 Å². The fraction of sp³-hybridized carbons (Fsp3) is 0.514. The number of aliphatic hydroxyl groups excluding tert-OH is 1. The number of hydrogen-bond acceptors (Lipinski definition) is 5. The number of nitrogens with one attached hydrogen (secondary N) is 2. The number of aromatic amines is 1. The van der Waals surface area contributed by atoms with E-state index in [9.17, 15) is 9.90 Å². The second kappa shape index (κ2) is 16.5. The molecule has 1 aromatic heterocycles. The zero-order chi connectivity index (χ0) is 31.4. The molecule has 0 bridgehead atoms. The molecule has 242 valence electrons. The molecule has 0 amide bonds. The Kier molecular flexibility index (Phi) is 12.0. The van der Waals surface area contributed by atoms with Crippen molar-refractivity contribution < 1.29 is 15.0 Å². The van der Waals surface area contributed by atoms with Crippen LogP contribution < -0.4 is 11.1 Å². The van der Waals surface area contributed by atoms with E-state index in [1.807, 2.05) is 18.3 Å². The van der Waals surface area contributed by atoms with Crippen LogP contribution in [0.25, 0.3) is 16.1 Å². The van der Waals surface area contributed by atoms with E-state index in [1.165, 1.54) is 66.5 Å². The number of rotatable bonds is 17. The van der Waals surface area contributed by atoms with Crippen LogP contribution in [0.15, 0.2) is 71.4 Å². The minimum atomic E-state index is -0.965. The number of guanidine groups is 1. The number of nitrogens with two attached hydrogens (primary N) is 1. The number of aliphatic hydroxyl groups is 1. The Hall–Kier alpha value is -3.78. The van der Waals surface area contributed by atoms with Crippen molar-refractivity contribution in [2.24, 2.45) is 16.6 Å². The first-order valence-corrected chi connectivity index (χ1v) is 17.0. The van der Waals surface area contributed by atoms with E-state index in [2.05, 4.69) is 51.7 Å². The molecule has 45 heavy (non-hydrogen) atoms. The van der Waals surface area contributed by atoms with Crippen molar-refractivity contribution in [1.29, 1.82) is 0 Å². The number of nitrogens with zero attached hydrogens (tertiary/aromatic N) is 2. The summed E-state index contributed by atoms with van der Waals surface area (Å²) >= 11 is 0. The monoisotopic (exact) mass is 612 g/mol. The van der Waals surface area contributed by atoms with Crippen molar-refractivity contribution in [2.45, 2.75) is 101 Å². The van der Waals surface area contributed by atoms with Crippen LogP contribution >= 0.6 is 0 Å². The summed E-state index contributed by atoms with van der Waals surface area (Å²) in [5.41, 5.74) is 9.75. The number of unbranched alkanes of at least 4 members (excludes halogenated alkanes) is 7. The smallest absolute Gasteiger partial charge is 0.328 e. The molecule has 0 saturated carbocycles. The van der Waals surface area contributed by atoms with Gasteiger partial charge in [0.05, 0.1) is 6.04 Å². The van der Waals surface area contributed by atoms with Crippen LogP contribution in [0.2, 0.25) is 0 Å². The summed E-state index contributed by atoms with van der Waals surface area (Å²) in [6, 6.07) is 16.8. The van der Waals surface area contributed by atoms with Gasteiger partial charge in [0.25, 0.3) is 0 Å². The molecule has 6 N–H and O–H groups in total. The maximum atomic E-state index is 12.2. The van der Waals surface area contributed by atoms with Gasteiger partial charge in [0.1, 0.15) is 0 Å². The number of aliphatic carboxylic acids is 1. The van der Waals surface area contributed by atoms with Gasteiger partial charge in [-0.15, -0.1) is 0 Å². The average molecular weight is 613 g/mol. The molecule has 1 aliphatic heterocycles. The maximum absolute atomic E-state index is 12.2. The van der Waals surface area contributed by atoms with Gasteiger partial charge in [-0.3, -0.25) is 4.99 Å². The number of aliphatic imine (C=N–C) groups is 1. The third-order valence-corrected chi connectivity index (χ3v) is 9.69. The fourth-order valence-corrected chi connectivity index (χ4v) is 7.42. The second-order valence-electron chi connectivity index (χ2n) is 12.8. The molecule has 8 nitrogen and oxygen atoms in total. The molecule has 0 radical (unpaired) electrons. The number of fused-ring (bicyclic) bond motifs is 2. The number of carboxylic acid groups (broad SMARTS) is 1. The zero-order valence-corrected chi connectivity index (χ0v) is 26.5. The number of carboxylic acids is 1. The first-order valence-electron chi connectivity index (χ1n) is 17.0. The van der Waals surface area contributed by atoms with E-state index in [4.69, 9.17) is 16.2 Å². The molecule has 0 fully saturated rings. The lowest BCUT2D eigenvalue weighted by Gasteiger charge is -2.40. The van der Waals surface area contributed by atoms with E-state index in [0.717, 1.165) is 49.9 Å². The first-order chi connectivity index (χ1) is 22.0. The first kappa shape index (κ1) is 32.6. The summed E-state index contributed by atoms with van der Waals surface area (Å²) in [7, 11) is 0. The van der Waals surface area contributed by atoms with Crippen LogP contribution in [0.5, 0.6) is 0 Å². The van der Waals surface area contributed by atoms with E-state index >= 15 is 0 Å². The van der Waals surface area contributed by atoms with Gasteiger partial charge in [-0.2, -0.15) is 0 Å². The normalized spacial score (nSPS) is 20.7. The summed E-state index contributed by atoms with van der Waals surface area (Å²) in [5.74, 6) is 0.902. The lowest BCUT2D eigenvalue weighted by atomic mass is 9.69. The van der Waals surface area contributed by atoms with E-state index in [1.54, 1.807) is 0 Å². The predicted octanol–water partition coefficient (Wildman–Crippen LogP) is 7.47. The summed E-state index contributed by atoms with van der Waals surface area (Å²) in [5, 5.41) is 30.0. The Morgan fingerprint density at radius 1 is 1.00 bits per heavy atom. The molecule has 8 heteroatoms. The SMILES string of the molecule is NC1=NCCC(C(=CC(=O)O)C(CC2CCc3cc4ccccc4cc3C2CCCCCCCCCCO)[N-]c2ccc[nH]2)N1. The largest absolute Gasteiger partial charge is 0.478 e. The van der Waals surface area contributed by atoms with Gasteiger partial charge in [0.15, 0.2) is 5.96 Å². The predicted molar refractivity (Wildman–Crippen MR) is 183 cm³/mol. The molecule has 2 heterocycles. The molecule has 0 spiro atoms.